The minimum absolute atomic E-state index is 0.857. The van der Waals surface area contributed by atoms with Crippen molar-refractivity contribution >= 4 is 28.1 Å². The molecule has 2 N–H and O–H groups in total. The first-order valence-electron chi connectivity index (χ1n) is 8.59. The molecule has 1 aliphatic heterocycles. The van der Waals surface area contributed by atoms with Gasteiger partial charge in [0, 0.05) is 29.7 Å². The molecule has 0 aliphatic carbocycles. The first kappa shape index (κ1) is 14.1. The Hall–Kier alpha value is -3.26. The Bertz CT molecular complexity index is 1080. The number of hydrogen-bond acceptors (Lipinski definition) is 1. The van der Waals surface area contributed by atoms with E-state index in [1.807, 2.05) is 12.3 Å². The van der Waals surface area contributed by atoms with Crippen molar-refractivity contribution in [1.29, 1.82) is 0 Å². The summed E-state index contributed by atoms with van der Waals surface area (Å²) in [4.78, 5) is 3.28. The highest BCUT2D eigenvalue weighted by Gasteiger charge is 2.20. The van der Waals surface area contributed by atoms with Gasteiger partial charge in [-0.1, -0.05) is 54.6 Å². The van der Waals surface area contributed by atoms with Gasteiger partial charge in [0.2, 0.25) is 0 Å². The van der Waals surface area contributed by atoms with Gasteiger partial charge in [0.25, 0.3) is 0 Å². The van der Waals surface area contributed by atoms with E-state index in [4.69, 9.17) is 0 Å². The lowest BCUT2D eigenvalue weighted by molar-refractivity contribution is 1.37. The van der Waals surface area contributed by atoms with Crippen molar-refractivity contribution < 1.29 is 0 Å². The average Bonchev–Trinajstić information content (AvgIpc) is 3.32. The number of nitrogens with one attached hydrogen (secondary N) is 2. The predicted molar refractivity (Wildman–Crippen MR) is 107 cm³/mol. The first-order valence-corrected chi connectivity index (χ1v) is 8.59. The monoisotopic (exact) mass is 322 g/mol. The minimum atomic E-state index is 0.857. The lowest BCUT2D eigenvalue weighted by Crippen LogP contribution is -1.91. The van der Waals surface area contributed by atoms with Crippen molar-refractivity contribution in [3.8, 4) is 11.1 Å². The second-order valence-electron chi connectivity index (χ2n) is 6.40. The lowest BCUT2D eigenvalue weighted by atomic mass is 9.91. The van der Waals surface area contributed by atoms with Crippen LogP contribution in [0.15, 0.2) is 79.0 Å². The van der Waals surface area contributed by atoms with Crippen LogP contribution in [-0.2, 0) is 0 Å². The maximum Gasteiger partial charge on any atom is 0.0426 e. The van der Waals surface area contributed by atoms with Gasteiger partial charge in [0.1, 0.15) is 0 Å². The van der Waals surface area contributed by atoms with Gasteiger partial charge in [0.15, 0.2) is 0 Å². The highest BCUT2D eigenvalue weighted by atomic mass is 14.9. The number of anilines is 1. The number of aromatic amines is 1. The Morgan fingerprint density at radius 3 is 2.52 bits per heavy atom. The largest absolute Gasteiger partial charge is 0.380 e. The summed E-state index contributed by atoms with van der Waals surface area (Å²) in [5.74, 6) is 0. The summed E-state index contributed by atoms with van der Waals surface area (Å²) in [5, 5.41) is 6.11. The summed E-state index contributed by atoms with van der Waals surface area (Å²) in [6, 6.07) is 25.8. The molecule has 0 fully saturated rings. The van der Waals surface area contributed by atoms with Crippen LogP contribution < -0.4 is 5.32 Å². The van der Waals surface area contributed by atoms with Crippen LogP contribution in [0.2, 0.25) is 0 Å². The molecular weight excluding hydrogens is 304 g/mol. The molecule has 120 valence electrons. The Morgan fingerprint density at radius 1 is 0.760 bits per heavy atom. The van der Waals surface area contributed by atoms with Gasteiger partial charge in [-0.05, 0) is 51.7 Å². The quantitative estimate of drug-likeness (QED) is 0.479. The molecular formula is C23H18N2. The average molecular weight is 322 g/mol. The van der Waals surface area contributed by atoms with E-state index in [0.717, 1.165) is 12.2 Å². The van der Waals surface area contributed by atoms with Crippen LogP contribution in [0.5, 0.6) is 0 Å². The van der Waals surface area contributed by atoms with Gasteiger partial charge >= 0.3 is 0 Å². The molecule has 2 heterocycles. The molecule has 5 rings (SSSR count). The molecule has 25 heavy (non-hydrogen) atoms. The molecule has 0 atom stereocenters. The Morgan fingerprint density at radius 2 is 1.60 bits per heavy atom. The SMILES string of the molecule is C(=C1/CNc2cccc(-c3cccc4ccccc34)c21)/c1ccc[nH]1. The van der Waals surface area contributed by atoms with Gasteiger partial charge < -0.3 is 10.3 Å². The van der Waals surface area contributed by atoms with Crippen LogP contribution in [-0.4, -0.2) is 11.5 Å². The fraction of sp³-hybridized carbons (Fsp3) is 0.0435. The summed E-state index contributed by atoms with van der Waals surface area (Å²) in [5.41, 5.74) is 7.56. The van der Waals surface area contributed by atoms with Crippen molar-refractivity contribution in [2.75, 3.05) is 11.9 Å². The Kier molecular flexibility index (Phi) is 3.20. The van der Waals surface area contributed by atoms with Gasteiger partial charge in [0.05, 0.1) is 0 Å². The summed E-state index contributed by atoms with van der Waals surface area (Å²) in [7, 11) is 0. The third-order valence-corrected chi connectivity index (χ3v) is 4.89. The second kappa shape index (κ2) is 5.67. The first-order chi connectivity index (χ1) is 12.4. The van der Waals surface area contributed by atoms with Crippen LogP contribution in [0.3, 0.4) is 0 Å². The third-order valence-electron chi connectivity index (χ3n) is 4.89. The molecule has 0 saturated carbocycles. The molecule has 3 aromatic carbocycles. The second-order valence-corrected chi connectivity index (χ2v) is 6.40. The van der Waals surface area contributed by atoms with Gasteiger partial charge in [-0.25, -0.2) is 0 Å². The molecule has 4 aromatic rings. The van der Waals surface area contributed by atoms with E-state index >= 15 is 0 Å². The van der Waals surface area contributed by atoms with Crippen molar-refractivity contribution in [2.45, 2.75) is 0 Å². The molecule has 1 aromatic heterocycles. The molecule has 0 bridgehead atoms. The smallest absolute Gasteiger partial charge is 0.0426 e. The highest BCUT2D eigenvalue weighted by molar-refractivity contribution is 6.04. The molecule has 2 nitrogen and oxygen atoms in total. The van der Waals surface area contributed by atoms with Crippen molar-refractivity contribution in [3.05, 3.63) is 90.3 Å². The summed E-state index contributed by atoms with van der Waals surface area (Å²) in [6.07, 6.45) is 4.21. The molecule has 0 radical (unpaired) electrons. The number of benzene rings is 3. The number of rotatable bonds is 2. The third kappa shape index (κ3) is 2.34. The van der Waals surface area contributed by atoms with Gasteiger partial charge in [-0.2, -0.15) is 0 Å². The van der Waals surface area contributed by atoms with Crippen molar-refractivity contribution in [2.24, 2.45) is 0 Å². The maximum absolute atomic E-state index is 3.54. The fourth-order valence-electron chi connectivity index (χ4n) is 3.75. The Balaban J connectivity index is 1.75. The van der Waals surface area contributed by atoms with Gasteiger partial charge in [-0.15, -0.1) is 0 Å². The molecule has 0 saturated heterocycles. The Labute approximate surface area is 146 Å². The molecule has 0 unspecified atom stereocenters. The zero-order valence-corrected chi connectivity index (χ0v) is 13.8. The van der Waals surface area contributed by atoms with Crippen molar-refractivity contribution in [3.63, 3.8) is 0 Å². The van der Waals surface area contributed by atoms with E-state index in [1.54, 1.807) is 0 Å². The van der Waals surface area contributed by atoms with E-state index in [9.17, 15) is 0 Å². The van der Waals surface area contributed by atoms with Crippen LogP contribution >= 0.6 is 0 Å². The van der Waals surface area contributed by atoms with Crippen molar-refractivity contribution in [1.82, 2.24) is 4.98 Å². The van der Waals surface area contributed by atoms with Crippen LogP contribution in [0.25, 0.3) is 33.5 Å². The normalized spacial score (nSPS) is 14.6. The van der Waals surface area contributed by atoms with E-state index < -0.39 is 0 Å². The number of fused-ring (bicyclic) bond motifs is 2. The molecule has 0 spiro atoms. The van der Waals surface area contributed by atoms with E-state index in [1.165, 1.54) is 38.7 Å². The zero-order valence-electron chi connectivity index (χ0n) is 13.8. The molecule has 2 heteroatoms. The van der Waals surface area contributed by atoms with Crippen LogP contribution in [0.4, 0.5) is 5.69 Å². The highest BCUT2D eigenvalue weighted by Crippen LogP contribution is 2.41. The fourth-order valence-corrected chi connectivity index (χ4v) is 3.75. The summed E-state index contributed by atoms with van der Waals surface area (Å²) >= 11 is 0. The van der Waals surface area contributed by atoms with E-state index in [0.29, 0.717) is 0 Å². The zero-order chi connectivity index (χ0) is 16.6. The summed E-state index contributed by atoms with van der Waals surface area (Å²) < 4.78 is 0. The van der Waals surface area contributed by atoms with Gasteiger partial charge in [-0.3, -0.25) is 0 Å². The number of hydrogen-bond donors (Lipinski definition) is 2. The van der Waals surface area contributed by atoms with Crippen LogP contribution in [0, 0.1) is 0 Å². The maximum atomic E-state index is 3.54. The number of aromatic nitrogens is 1. The van der Waals surface area contributed by atoms with E-state index in [-0.39, 0.29) is 0 Å². The predicted octanol–water partition coefficient (Wildman–Crippen LogP) is 5.80. The minimum Gasteiger partial charge on any atom is -0.380 e. The topological polar surface area (TPSA) is 27.8 Å². The molecule has 1 aliphatic rings. The van der Waals surface area contributed by atoms with Crippen LogP contribution in [0.1, 0.15) is 11.3 Å². The van der Waals surface area contributed by atoms with E-state index in [2.05, 4.69) is 83.1 Å². The number of H-pyrrole nitrogens is 1. The molecule has 0 amide bonds. The summed E-state index contributed by atoms with van der Waals surface area (Å²) in [6.45, 7) is 0.857. The lowest BCUT2D eigenvalue weighted by Gasteiger charge is -2.12. The standard InChI is InChI=1S/C23H18N2/c1-2-9-19-16(6-1)7-3-10-20(19)21-11-4-12-22-23(21)17(15-25-22)14-18-8-5-13-24-18/h1-14,24-25H,15H2/b17-14+.